The molecule has 0 bridgehead atoms. The molecule has 1 N–H and O–H groups in total. The predicted octanol–water partition coefficient (Wildman–Crippen LogP) is 3.43. The molecule has 1 fully saturated rings. The van der Waals surface area contributed by atoms with Crippen molar-refractivity contribution < 1.29 is 4.74 Å². The fraction of sp³-hybridized carbons (Fsp3) is 0.611. The molecule has 24 heavy (non-hydrogen) atoms. The first kappa shape index (κ1) is 16.9. The SMILES string of the molecule is Cc1cc(C)n(-c2cncc(NCCOC3CCCCCC3)n2)n1. The molecule has 0 atom stereocenters. The third-order valence-corrected chi connectivity index (χ3v) is 4.41. The van der Waals surface area contributed by atoms with Gasteiger partial charge in [-0.3, -0.25) is 4.98 Å². The second-order valence-electron chi connectivity index (χ2n) is 6.51. The number of anilines is 1. The van der Waals surface area contributed by atoms with Gasteiger partial charge in [-0.25, -0.2) is 9.67 Å². The van der Waals surface area contributed by atoms with E-state index in [1.807, 2.05) is 24.6 Å². The van der Waals surface area contributed by atoms with Gasteiger partial charge in [0.2, 0.25) is 0 Å². The van der Waals surface area contributed by atoms with Crippen LogP contribution in [0, 0.1) is 13.8 Å². The van der Waals surface area contributed by atoms with E-state index < -0.39 is 0 Å². The smallest absolute Gasteiger partial charge is 0.174 e. The molecular formula is C18H27N5O. The van der Waals surface area contributed by atoms with Crippen LogP contribution in [0.5, 0.6) is 0 Å². The topological polar surface area (TPSA) is 64.9 Å². The van der Waals surface area contributed by atoms with Crippen molar-refractivity contribution >= 4 is 5.82 Å². The zero-order valence-corrected chi connectivity index (χ0v) is 14.7. The fourth-order valence-corrected chi connectivity index (χ4v) is 3.22. The highest BCUT2D eigenvalue weighted by Gasteiger charge is 2.12. The van der Waals surface area contributed by atoms with Crippen molar-refractivity contribution in [2.75, 3.05) is 18.5 Å². The maximum Gasteiger partial charge on any atom is 0.174 e. The average molecular weight is 329 g/mol. The maximum atomic E-state index is 5.99. The first-order valence-electron chi connectivity index (χ1n) is 8.93. The van der Waals surface area contributed by atoms with Crippen LogP contribution in [0.2, 0.25) is 0 Å². The minimum absolute atomic E-state index is 0.432. The van der Waals surface area contributed by atoms with Crippen LogP contribution in [-0.2, 0) is 4.74 Å². The van der Waals surface area contributed by atoms with E-state index in [1.165, 1.54) is 38.5 Å². The summed E-state index contributed by atoms with van der Waals surface area (Å²) < 4.78 is 7.81. The molecule has 2 aromatic rings. The van der Waals surface area contributed by atoms with E-state index in [4.69, 9.17) is 4.74 Å². The van der Waals surface area contributed by atoms with Gasteiger partial charge >= 0.3 is 0 Å². The van der Waals surface area contributed by atoms with Gasteiger partial charge in [0.25, 0.3) is 0 Å². The third-order valence-electron chi connectivity index (χ3n) is 4.41. The minimum atomic E-state index is 0.432. The summed E-state index contributed by atoms with van der Waals surface area (Å²) in [6, 6.07) is 2.03. The van der Waals surface area contributed by atoms with E-state index in [9.17, 15) is 0 Å². The Kier molecular flexibility index (Phi) is 5.80. The largest absolute Gasteiger partial charge is 0.376 e. The van der Waals surface area contributed by atoms with Crippen molar-refractivity contribution in [2.24, 2.45) is 0 Å². The average Bonchev–Trinajstić information content (AvgIpc) is 2.77. The Bertz CT molecular complexity index is 647. The van der Waals surface area contributed by atoms with Crippen molar-refractivity contribution in [1.82, 2.24) is 19.7 Å². The molecule has 3 rings (SSSR count). The first-order valence-corrected chi connectivity index (χ1v) is 8.93. The number of hydrogen-bond donors (Lipinski definition) is 1. The number of ether oxygens (including phenoxy) is 1. The highest BCUT2D eigenvalue weighted by atomic mass is 16.5. The van der Waals surface area contributed by atoms with Crippen LogP contribution < -0.4 is 5.32 Å². The van der Waals surface area contributed by atoms with Crippen LogP contribution in [0.25, 0.3) is 5.82 Å². The zero-order valence-electron chi connectivity index (χ0n) is 14.7. The number of aryl methyl sites for hydroxylation is 2. The lowest BCUT2D eigenvalue weighted by Gasteiger charge is -2.15. The lowest BCUT2D eigenvalue weighted by atomic mass is 10.1. The van der Waals surface area contributed by atoms with E-state index in [2.05, 4.69) is 20.4 Å². The summed E-state index contributed by atoms with van der Waals surface area (Å²) in [5, 5.41) is 7.75. The molecule has 2 aromatic heterocycles. The van der Waals surface area contributed by atoms with Crippen molar-refractivity contribution in [3.05, 3.63) is 29.8 Å². The molecule has 0 spiro atoms. The number of aromatic nitrogens is 4. The van der Waals surface area contributed by atoms with Crippen molar-refractivity contribution in [1.29, 1.82) is 0 Å². The lowest BCUT2D eigenvalue weighted by molar-refractivity contribution is 0.0501. The molecule has 2 heterocycles. The monoisotopic (exact) mass is 329 g/mol. The van der Waals surface area contributed by atoms with E-state index in [0.717, 1.165) is 29.6 Å². The van der Waals surface area contributed by atoms with Crippen LogP contribution >= 0.6 is 0 Å². The second kappa shape index (κ2) is 8.24. The van der Waals surface area contributed by atoms with Gasteiger partial charge in [-0.1, -0.05) is 25.7 Å². The zero-order chi connectivity index (χ0) is 16.8. The fourth-order valence-electron chi connectivity index (χ4n) is 3.22. The highest BCUT2D eigenvalue weighted by molar-refractivity contribution is 5.36. The molecule has 1 aliphatic carbocycles. The van der Waals surface area contributed by atoms with Crippen molar-refractivity contribution in [3.63, 3.8) is 0 Å². The predicted molar refractivity (Wildman–Crippen MR) is 94.6 cm³/mol. The van der Waals surface area contributed by atoms with E-state index >= 15 is 0 Å². The normalized spacial score (nSPS) is 16.1. The maximum absolute atomic E-state index is 5.99. The van der Waals surface area contributed by atoms with Crippen LogP contribution in [-0.4, -0.2) is 39.0 Å². The lowest BCUT2D eigenvalue weighted by Crippen LogP contribution is -2.18. The molecule has 1 saturated carbocycles. The van der Waals surface area contributed by atoms with Gasteiger partial charge in [-0.2, -0.15) is 5.10 Å². The molecule has 6 nitrogen and oxygen atoms in total. The van der Waals surface area contributed by atoms with Gasteiger partial charge in [0.05, 0.1) is 30.8 Å². The number of nitrogens with zero attached hydrogens (tertiary/aromatic N) is 4. The quantitative estimate of drug-likeness (QED) is 0.650. The van der Waals surface area contributed by atoms with Gasteiger partial charge in [0.1, 0.15) is 5.82 Å². The Morgan fingerprint density at radius 2 is 1.96 bits per heavy atom. The van der Waals surface area contributed by atoms with Crippen LogP contribution in [0.3, 0.4) is 0 Å². The number of hydrogen-bond acceptors (Lipinski definition) is 5. The first-order chi connectivity index (χ1) is 11.7. The van der Waals surface area contributed by atoms with E-state index in [-0.39, 0.29) is 0 Å². The van der Waals surface area contributed by atoms with Gasteiger partial charge in [-0.05, 0) is 32.8 Å². The van der Waals surface area contributed by atoms with Gasteiger partial charge in [0, 0.05) is 12.2 Å². The molecule has 0 aliphatic heterocycles. The van der Waals surface area contributed by atoms with Crippen molar-refractivity contribution in [2.45, 2.75) is 58.5 Å². The molecular weight excluding hydrogens is 302 g/mol. The summed E-state index contributed by atoms with van der Waals surface area (Å²) in [6.45, 7) is 5.44. The summed E-state index contributed by atoms with van der Waals surface area (Å²) in [6.07, 6.45) is 11.6. The Morgan fingerprint density at radius 3 is 2.67 bits per heavy atom. The molecule has 130 valence electrons. The molecule has 0 amide bonds. The van der Waals surface area contributed by atoms with Crippen molar-refractivity contribution in [3.8, 4) is 5.82 Å². The standard InChI is InChI=1S/C18H27N5O/c1-14-11-15(2)23(22-14)18-13-19-12-17(21-18)20-9-10-24-16-7-5-3-4-6-8-16/h11-13,16H,3-10H2,1-2H3,(H,20,21). The number of rotatable bonds is 6. The van der Waals surface area contributed by atoms with Gasteiger partial charge in [-0.15, -0.1) is 0 Å². The second-order valence-corrected chi connectivity index (χ2v) is 6.51. The van der Waals surface area contributed by atoms with E-state index in [0.29, 0.717) is 12.7 Å². The number of nitrogens with one attached hydrogen (secondary N) is 1. The molecule has 0 aromatic carbocycles. The molecule has 0 unspecified atom stereocenters. The molecule has 1 aliphatic rings. The summed E-state index contributed by atoms with van der Waals surface area (Å²) in [5.74, 6) is 1.49. The summed E-state index contributed by atoms with van der Waals surface area (Å²) in [7, 11) is 0. The van der Waals surface area contributed by atoms with Crippen LogP contribution in [0.4, 0.5) is 5.82 Å². The summed E-state index contributed by atoms with van der Waals surface area (Å²) in [4.78, 5) is 8.85. The Balaban J connectivity index is 1.50. The summed E-state index contributed by atoms with van der Waals surface area (Å²) >= 11 is 0. The van der Waals surface area contributed by atoms with Crippen LogP contribution in [0.15, 0.2) is 18.5 Å². The molecule has 6 heteroatoms. The minimum Gasteiger partial charge on any atom is -0.376 e. The Labute approximate surface area is 143 Å². The molecule has 0 saturated heterocycles. The summed E-state index contributed by atoms with van der Waals surface area (Å²) in [5.41, 5.74) is 2.03. The van der Waals surface area contributed by atoms with Gasteiger partial charge in [0.15, 0.2) is 5.82 Å². The third kappa shape index (κ3) is 4.54. The Morgan fingerprint density at radius 1 is 1.17 bits per heavy atom. The van der Waals surface area contributed by atoms with E-state index in [1.54, 1.807) is 12.4 Å². The van der Waals surface area contributed by atoms with Gasteiger partial charge < -0.3 is 10.1 Å². The Hall–Kier alpha value is -1.95. The highest BCUT2D eigenvalue weighted by Crippen LogP contribution is 2.19. The molecule has 0 radical (unpaired) electrons. The van der Waals surface area contributed by atoms with Crippen LogP contribution in [0.1, 0.15) is 49.9 Å².